The van der Waals surface area contributed by atoms with E-state index in [0.717, 1.165) is 12.1 Å². The van der Waals surface area contributed by atoms with Crippen molar-refractivity contribution in [2.45, 2.75) is 10.7 Å². The van der Waals surface area contributed by atoms with E-state index in [1.165, 1.54) is 40.9 Å². The Kier molecular flexibility index (Phi) is 5.00. The van der Waals surface area contributed by atoms with Gasteiger partial charge in [-0.3, -0.25) is 4.72 Å². The molecule has 23 heavy (non-hydrogen) atoms. The Hall–Kier alpha value is -2.01. The van der Waals surface area contributed by atoms with E-state index in [9.17, 15) is 21.6 Å². The average Bonchev–Trinajstić information content (AvgIpc) is 2.48. The Morgan fingerprint density at radius 1 is 1.17 bits per heavy atom. The molecule has 2 rings (SSSR count). The highest BCUT2D eigenvalue weighted by atomic mass is 32.2. The Bertz CT molecular complexity index is 780. The first kappa shape index (κ1) is 17.3. The van der Waals surface area contributed by atoms with Gasteiger partial charge in [-0.2, -0.15) is 26.6 Å². The van der Waals surface area contributed by atoms with E-state index in [1.807, 2.05) is 0 Å². The van der Waals surface area contributed by atoms with Gasteiger partial charge < -0.3 is 4.74 Å². The maximum absolute atomic E-state index is 12.3. The fourth-order valence-electron chi connectivity index (χ4n) is 1.41. The van der Waals surface area contributed by atoms with Crippen LogP contribution >= 0.6 is 11.8 Å². The first-order valence-electron chi connectivity index (χ1n) is 5.95. The molecular weight excluding hydrogens is 355 g/mol. The first-order valence-corrected chi connectivity index (χ1v) is 8.66. The molecule has 0 saturated carbocycles. The van der Waals surface area contributed by atoms with Gasteiger partial charge in [-0.05, 0) is 30.5 Å². The van der Waals surface area contributed by atoms with Gasteiger partial charge in [0.2, 0.25) is 5.88 Å². The summed E-state index contributed by atoms with van der Waals surface area (Å²) in [5.74, 6) is 0.540. The molecule has 2 aromatic rings. The standard InChI is InChI=1S/C12H10F3N3O3S2/c1-22-11-16-7-6-10(17-11)21-9-4-2-8(3-5-9)18-23(19,20)12(13,14)15/h2-7,18H,1H3. The van der Waals surface area contributed by atoms with E-state index >= 15 is 0 Å². The summed E-state index contributed by atoms with van der Waals surface area (Å²) in [7, 11) is -5.45. The summed E-state index contributed by atoms with van der Waals surface area (Å²) in [6, 6.07) is 6.44. The number of aromatic nitrogens is 2. The molecule has 1 aromatic carbocycles. The van der Waals surface area contributed by atoms with E-state index < -0.39 is 15.5 Å². The van der Waals surface area contributed by atoms with Crippen molar-refractivity contribution in [3.05, 3.63) is 36.5 Å². The summed E-state index contributed by atoms with van der Waals surface area (Å²) in [5.41, 5.74) is -5.61. The van der Waals surface area contributed by atoms with Crippen molar-refractivity contribution in [2.24, 2.45) is 0 Å². The molecule has 124 valence electrons. The van der Waals surface area contributed by atoms with Crippen molar-refractivity contribution >= 4 is 27.5 Å². The topological polar surface area (TPSA) is 81.2 Å². The molecule has 1 heterocycles. The normalized spacial score (nSPS) is 12.0. The van der Waals surface area contributed by atoms with E-state index in [4.69, 9.17) is 4.74 Å². The Balaban J connectivity index is 2.11. The van der Waals surface area contributed by atoms with Gasteiger partial charge in [0.15, 0.2) is 5.16 Å². The van der Waals surface area contributed by atoms with Crippen LogP contribution in [0, 0.1) is 0 Å². The number of nitrogens with one attached hydrogen (secondary N) is 1. The average molecular weight is 365 g/mol. The lowest BCUT2D eigenvalue weighted by Crippen LogP contribution is -2.29. The van der Waals surface area contributed by atoms with Crippen LogP contribution in [0.2, 0.25) is 0 Å². The van der Waals surface area contributed by atoms with Gasteiger partial charge >= 0.3 is 15.5 Å². The van der Waals surface area contributed by atoms with E-state index in [1.54, 1.807) is 6.26 Å². The van der Waals surface area contributed by atoms with Crippen LogP contribution in [0.15, 0.2) is 41.7 Å². The summed E-state index contributed by atoms with van der Waals surface area (Å²) < 4.78 is 65.6. The van der Waals surface area contributed by atoms with Crippen molar-refractivity contribution < 1.29 is 26.3 Å². The van der Waals surface area contributed by atoms with Crippen LogP contribution in [0.3, 0.4) is 0 Å². The number of hydrogen-bond donors (Lipinski definition) is 1. The molecule has 0 fully saturated rings. The number of thioether (sulfide) groups is 1. The molecule has 11 heteroatoms. The molecular formula is C12H10F3N3O3S2. The lowest BCUT2D eigenvalue weighted by molar-refractivity contribution is -0.0429. The number of benzene rings is 1. The summed E-state index contributed by atoms with van der Waals surface area (Å²) in [5, 5.41) is 0.497. The molecule has 1 N–H and O–H groups in total. The smallest absolute Gasteiger partial charge is 0.439 e. The minimum absolute atomic E-state index is 0.234. The predicted molar refractivity (Wildman–Crippen MR) is 78.9 cm³/mol. The zero-order chi connectivity index (χ0) is 17.1. The molecule has 0 spiro atoms. The zero-order valence-electron chi connectivity index (χ0n) is 11.5. The third kappa shape index (κ3) is 4.48. The number of halogens is 3. The van der Waals surface area contributed by atoms with Gasteiger partial charge in [-0.1, -0.05) is 11.8 Å². The summed E-state index contributed by atoms with van der Waals surface area (Å²) in [6.07, 6.45) is 3.29. The van der Waals surface area contributed by atoms with Crippen LogP contribution < -0.4 is 9.46 Å². The van der Waals surface area contributed by atoms with Gasteiger partial charge in [-0.25, -0.2) is 4.98 Å². The Morgan fingerprint density at radius 2 is 1.83 bits per heavy atom. The Morgan fingerprint density at radius 3 is 2.39 bits per heavy atom. The van der Waals surface area contributed by atoms with Gasteiger partial charge in [-0.15, -0.1) is 0 Å². The van der Waals surface area contributed by atoms with E-state index in [-0.39, 0.29) is 17.3 Å². The van der Waals surface area contributed by atoms with Crippen LogP contribution in [-0.4, -0.2) is 30.1 Å². The molecule has 0 unspecified atom stereocenters. The molecule has 0 atom stereocenters. The quantitative estimate of drug-likeness (QED) is 0.647. The highest BCUT2D eigenvalue weighted by Crippen LogP contribution is 2.27. The second-order valence-electron chi connectivity index (χ2n) is 4.06. The van der Waals surface area contributed by atoms with Gasteiger partial charge in [0, 0.05) is 18.0 Å². The van der Waals surface area contributed by atoms with Crippen LogP contribution in [0.4, 0.5) is 18.9 Å². The fraction of sp³-hybridized carbons (Fsp3) is 0.167. The van der Waals surface area contributed by atoms with Crippen molar-refractivity contribution in [1.29, 1.82) is 0 Å². The van der Waals surface area contributed by atoms with E-state index in [0.29, 0.717) is 5.16 Å². The molecule has 0 amide bonds. The summed E-state index contributed by atoms with van der Waals surface area (Å²) in [6.45, 7) is 0. The van der Waals surface area contributed by atoms with Crippen LogP contribution in [0.5, 0.6) is 11.6 Å². The number of ether oxygens (including phenoxy) is 1. The molecule has 6 nitrogen and oxygen atoms in total. The highest BCUT2D eigenvalue weighted by Gasteiger charge is 2.45. The molecule has 0 aliphatic rings. The predicted octanol–water partition coefficient (Wildman–Crippen LogP) is 3.25. The first-order chi connectivity index (χ1) is 10.7. The second-order valence-corrected chi connectivity index (χ2v) is 6.51. The molecule has 1 aromatic heterocycles. The largest absolute Gasteiger partial charge is 0.516 e. The second kappa shape index (κ2) is 6.62. The lowest BCUT2D eigenvalue weighted by Gasteiger charge is -2.11. The highest BCUT2D eigenvalue weighted by molar-refractivity contribution is 7.98. The van der Waals surface area contributed by atoms with Crippen LogP contribution in [-0.2, 0) is 10.0 Å². The monoisotopic (exact) mass is 365 g/mol. The van der Waals surface area contributed by atoms with Gasteiger partial charge in [0.1, 0.15) is 5.75 Å². The number of anilines is 1. The van der Waals surface area contributed by atoms with Crippen molar-refractivity contribution in [3.8, 4) is 11.6 Å². The maximum atomic E-state index is 12.3. The number of nitrogens with zero attached hydrogens (tertiary/aromatic N) is 2. The summed E-state index contributed by atoms with van der Waals surface area (Å²) in [4.78, 5) is 8.04. The molecule has 0 saturated heterocycles. The van der Waals surface area contributed by atoms with Gasteiger partial charge in [0.25, 0.3) is 0 Å². The van der Waals surface area contributed by atoms with E-state index in [2.05, 4.69) is 9.97 Å². The summed E-state index contributed by atoms with van der Waals surface area (Å²) >= 11 is 1.32. The van der Waals surface area contributed by atoms with Crippen molar-refractivity contribution in [2.75, 3.05) is 11.0 Å². The number of rotatable bonds is 5. The number of alkyl halides is 3. The van der Waals surface area contributed by atoms with Gasteiger partial charge in [0.05, 0.1) is 0 Å². The minimum atomic E-state index is -5.45. The molecule has 0 radical (unpaired) electrons. The van der Waals surface area contributed by atoms with Crippen molar-refractivity contribution in [3.63, 3.8) is 0 Å². The number of hydrogen-bond acceptors (Lipinski definition) is 6. The van der Waals surface area contributed by atoms with Crippen LogP contribution in [0.1, 0.15) is 0 Å². The maximum Gasteiger partial charge on any atom is 0.516 e. The van der Waals surface area contributed by atoms with Crippen LogP contribution in [0.25, 0.3) is 0 Å². The minimum Gasteiger partial charge on any atom is -0.439 e. The molecule has 0 aliphatic carbocycles. The molecule has 0 bridgehead atoms. The third-order valence-corrected chi connectivity index (χ3v) is 4.10. The third-order valence-electron chi connectivity index (χ3n) is 2.42. The zero-order valence-corrected chi connectivity index (χ0v) is 13.2. The van der Waals surface area contributed by atoms with Crippen molar-refractivity contribution in [1.82, 2.24) is 9.97 Å². The fourth-order valence-corrected chi connectivity index (χ4v) is 2.31. The number of sulfonamides is 1. The lowest BCUT2D eigenvalue weighted by atomic mass is 10.3. The molecule has 0 aliphatic heterocycles. The Labute approximate surface area is 134 Å². The SMILES string of the molecule is CSc1nccc(Oc2ccc(NS(=O)(=O)C(F)(F)F)cc2)n1.